The van der Waals surface area contributed by atoms with Gasteiger partial charge in [0.05, 0.1) is 0 Å². The molecule has 0 aliphatic carbocycles. The van der Waals surface area contributed by atoms with Gasteiger partial charge in [0.2, 0.25) is 0 Å². The lowest BCUT2D eigenvalue weighted by atomic mass is 10.3. The van der Waals surface area contributed by atoms with Crippen molar-refractivity contribution in [2.45, 2.75) is 24.4 Å². The fourth-order valence-electron chi connectivity index (χ4n) is 1.38. The van der Waals surface area contributed by atoms with Gasteiger partial charge < -0.3 is 0 Å². The summed E-state index contributed by atoms with van der Waals surface area (Å²) < 4.78 is 1.56. The fourth-order valence-corrected chi connectivity index (χ4v) is 2.88. The molecule has 8 heteroatoms. The Kier molecular flexibility index (Phi) is 4.31. The molecule has 2 rings (SSSR count). The average molecular weight is 305 g/mol. The molecular weight excluding hydrogens is 295 g/mol. The van der Waals surface area contributed by atoms with E-state index in [0.717, 1.165) is 5.56 Å². The van der Waals surface area contributed by atoms with E-state index in [1.165, 1.54) is 11.8 Å². The van der Waals surface area contributed by atoms with E-state index in [-0.39, 0.29) is 5.69 Å². The predicted octanol–water partition coefficient (Wildman–Crippen LogP) is 2.59. The summed E-state index contributed by atoms with van der Waals surface area (Å²) in [6, 6.07) is 1.59. The highest BCUT2D eigenvalue weighted by Gasteiger charge is 2.09. The molecule has 0 aromatic carbocycles. The Balaban J connectivity index is 2.14. The Morgan fingerprint density at radius 2 is 2.28 bits per heavy atom. The maximum Gasteiger partial charge on any atom is 0.343 e. The minimum atomic E-state index is -0.208. The smallest absolute Gasteiger partial charge is 0.270 e. The van der Waals surface area contributed by atoms with Crippen molar-refractivity contribution in [2.24, 2.45) is 0 Å². The maximum absolute atomic E-state index is 11.4. The van der Waals surface area contributed by atoms with Crippen LogP contribution >= 0.6 is 35.0 Å². The van der Waals surface area contributed by atoms with Crippen LogP contribution in [0.5, 0.6) is 0 Å². The van der Waals surface area contributed by atoms with Crippen molar-refractivity contribution in [3.05, 3.63) is 38.5 Å². The summed E-state index contributed by atoms with van der Waals surface area (Å²) in [5.41, 5.74) is 0.643. The van der Waals surface area contributed by atoms with E-state index < -0.39 is 0 Å². The molecule has 0 atom stereocenters. The third-order valence-corrected chi connectivity index (χ3v) is 3.88. The lowest BCUT2D eigenvalue weighted by molar-refractivity contribution is 0.660. The molecule has 5 nitrogen and oxygen atoms in total. The van der Waals surface area contributed by atoms with Crippen molar-refractivity contribution in [1.82, 2.24) is 19.7 Å². The maximum atomic E-state index is 11.4. The molecule has 2 heterocycles. The van der Waals surface area contributed by atoms with Crippen molar-refractivity contribution in [3.8, 4) is 0 Å². The molecule has 2 aromatic rings. The number of halogens is 2. The summed E-state index contributed by atoms with van der Waals surface area (Å²) in [4.78, 5) is 15.3. The van der Waals surface area contributed by atoms with Crippen molar-refractivity contribution >= 4 is 35.0 Å². The molecule has 0 radical (unpaired) electrons. The lowest BCUT2D eigenvalue weighted by Crippen LogP contribution is -2.16. The van der Waals surface area contributed by atoms with E-state index in [4.69, 9.17) is 23.2 Å². The normalized spacial score (nSPS) is 10.8. The molecule has 1 N–H and O–H groups in total. The van der Waals surface area contributed by atoms with Crippen LogP contribution in [0.3, 0.4) is 0 Å². The van der Waals surface area contributed by atoms with Crippen LogP contribution in [0.25, 0.3) is 0 Å². The second-order valence-electron chi connectivity index (χ2n) is 3.44. The molecule has 0 aliphatic heterocycles. The Morgan fingerprint density at radius 3 is 2.94 bits per heavy atom. The molecule has 0 unspecified atom stereocenters. The number of nitrogens with zero attached hydrogens (tertiary/aromatic N) is 3. The van der Waals surface area contributed by atoms with Crippen LogP contribution in [-0.4, -0.2) is 19.7 Å². The summed E-state index contributed by atoms with van der Waals surface area (Å²) in [7, 11) is 0. The number of rotatable bonds is 4. The van der Waals surface area contributed by atoms with Crippen LogP contribution in [0.1, 0.15) is 12.5 Å². The molecule has 2 aromatic heterocycles. The summed E-state index contributed by atoms with van der Waals surface area (Å²) in [6.45, 7) is 2.46. The van der Waals surface area contributed by atoms with Crippen LogP contribution in [0, 0.1) is 0 Å². The number of H-pyrrole nitrogens is 1. The van der Waals surface area contributed by atoms with E-state index in [1.807, 2.05) is 6.92 Å². The zero-order valence-corrected chi connectivity index (χ0v) is 11.8. The van der Waals surface area contributed by atoms with Crippen LogP contribution in [0.4, 0.5) is 0 Å². The zero-order valence-electron chi connectivity index (χ0n) is 9.48. The van der Waals surface area contributed by atoms with Gasteiger partial charge in [-0.2, -0.15) is 0 Å². The van der Waals surface area contributed by atoms with Crippen molar-refractivity contribution in [1.29, 1.82) is 0 Å². The number of pyridine rings is 1. The van der Waals surface area contributed by atoms with Gasteiger partial charge >= 0.3 is 5.69 Å². The molecule has 0 amide bonds. The van der Waals surface area contributed by atoms with E-state index >= 15 is 0 Å². The van der Waals surface area contributed by atoms with Crippen LogP contribution in [-0.2, 0) is 12.3 Å². The monoisotopic (exact) mass is 304 g/mol. The number of hydrogen-bond donors (Lipinski definition) is 1. The van der Waals surface area contributed by atoms with Crippen LogP contribution < -0.4 is 5.69 Å². The first-order chi connectivity index (χ1) is 8.61. The largest absolute Gasteiger partial charge is 0.343 e. The first-order valence-corrected chi connectivity index (χ1v) is 6.94. The van der Waals surface area contributed by atoms with E-state index in [9.17, 15) is 4.79 Å². The van der Waals surface area contributed by atoms with E-state index in [0.29, 0.717) is 27.6 Å². The molecule has 0 fully saturated rings. The molecule has 0 aliphatic rings. The van der Waals surface area contributed by atoms with Gasteiger partial charge in [-0.25, -0.2) is 14.9 Å². The van der Waals surface area contributed by atoms with Gasteiger partial charge in [-0.1, -0.05) is 35.0 Å². The molecular formula is C10H10Cl2N4OS. The molecule has 0 spiro atoms. The van der Waals surface area contributed by atoms with Crippen molar-refractivity contribution in [2.75, 3.05) is 0 Å². The molecule has 96 valence electrons. The fraction of sp³-hybridized carbons (Fsp3) is 0.300. The highest BCUT2D eigenvalue weighted by atomic mass is 35.5. The van der Waals surface area contributed by atoms with Gasteiger partial charge in [0.1, 0.15) is 5.15 Å². The van der Waals surface area contributed by atoms with Gasteiger partial charge in [-0.15, -0.1) is 5.10 Å². The Bertz CT molecular complexity index is 610. The number of thioether (sulfide) groups is 1. The Hall–Kier alpha value is -0.980. The summed E-state index contributed by atoms with van der Waals surface area (Å²) in [5.74, 6) is 0.577. The summed E-state index contributed by atoms with van der Waals surface area (Å²) >= 11 is 13.2. The van der Waals surface area contributed by atoms with Gasteiger partial charge in [-0.3, -0.25) is 4.57 Å². The molecule has 18 heavy (non-hydrogen) atoms. The van der Waals surface area contributed by atoms with E-state index in [2.05, 4.69) is 15.2 Å². The third-order valence-electron chi connectivity index (χ3n) is 2.29. The zero-order chi connectivity index (χ0) is 13.1. The highest BCUT2D eigenvalue weighted by molar-refractivity contribution is 7.98. The quantitative estimate of drug-likeness (QED) is 0.696. The number of aromatic amines is 1. The van der Waals surface area contributed by atoms with Crippen molar-refractivity contribution in [3.63, 3.8) is 0 Å². The minimum absolute atomic E-state index is 0.208. The SMILES string of the molecule is CCn1c(SCc2cnc(Cl)cc2Cl)n[nH]c1=O. The second kappa shape index (κ2) is 5.77. The van der Waals surface area contributed by atoms with Crippen LogP contribution in [0.2, 0.25) is 10.2 Å². The average Bonchev–Trinajstić information content (AvgIpc) is 2.69. The number of aromatic nitrogens is 4. The van der Waals surface area contributed by atoms with Crippen LogP contribution in [0.15, 0.2) is 22.2 Å². The van der Waals surface area contributed by atoms with Crippen molar-refractivity contribution < 1.29 is 0 Å². The minimum Gasteiger partial charge on any atom is -0.270 e. The number of hydrogen-bond acceptors (Lipinski definition) is 4. The third kappa shape index (κ3) is 2.88. The molecule has 0 saturated carbocycles. The summed E-state index contributed by atoms with van der Waals surface area (Å²) in [6.07, 6.45) is 1.62. The first kappa shape index (κ1) is 13.5. The topological polar surface area (TPSA) is 63.6 Å². The second-order valence-corrected chi connectivity index (χ2v) is 5.18. The van der Waals surface area contributed by atoms with E-state index in [1.54, 1.807) is 16.8 Å². The van der Waals surface area contributed by atoms with Gasteiger partial charge in [0.15, 0.2) is 5.16 Å². The Labute approximate surface area is 118 Å². The highest BCUT2D eigenvalue weighted by Crippen LogP contribution is 2.25. The van der Waals surface area contributed by atoms with Gasteiger partial charge in [-0.05, 0) is 18.6 Å². The summed E-state index contributed by atoms with van der Waals surface area (Å²) in [5, 5.41) is 7.91. The Morgan fingerprint density at radius 1 is 1.50 bits per heavy atom. The molecule has 0 bridgehead atoms. The first-order valence-electron chi connectivity index (χ1n) is 5.19. The number of nitrogens with one attached hydrogen (secondary N) is 1. The van der Waals surface area contributed by atoms with Gasteiger partial charge in [0.25, 0.3) is 0 Å². The predicted molar refractivity (Wildman–Crippen MR) is 72.3 cm³/mol. The standard InChI is InChI=1S/C10H10Cl2N4OS/c1-2-16-9(17)14-15-10(16)18-5-6-4-13-8(12)3-7(6)11/h3-4H,2,5H2,1H3,(H,14,17). The molecule has 0 saturated heterocycles. The lowest BCUT2D eigenvalue weighted by Gasteiger charge is -2.04. The van der Waals surface area contributed by atoms with Gasteiger partial charge in [0, 0.05) is 23.5 Å².